The van der Waals surface area contributed by atoms with Crippen LogP contribution in [0.3, 0.4) is 0 Å². The van der Waals surface area contributed by atoms with Crippen LogP contribution in [0.4, 0.5) is 5.82 Å². The molecular weight excluding hydrogens is 293 g/mol. The Morgan fingerprint density at radius 1 is 1.25 bits per heavy atom. The van der Waals surface area contributed by atoms with Gasteiger partial charge in [-0.1, -0.05) is 30.1 Å². The van der Waals surface area contributed by atoms with Crippen molar-refractivity contribution in [2.75, 3.05) is 12.3 Å². The Bertz CT molecular complexity index is 574. The molecule has 1 heterocycles. The van der Waals surface area contributed by atoms with Gasteiger partial charge in [0, 0.05) is 21.8 Å². The summed E-state index contributed by atoms with van der Waals surface area (Å²) in [5.41, 5.74) is 9.08. The van der Waals surface area contributed by atoms with E-state index in [0.717, 1.165) is 23.2 Å². The Kier molecular flexibility index (Phi) is 4.86. The number of aryl methyl sites for hydroxylation is 1. The lowest BCUT2D eigenvalue weighted by Crippen LogP contribution is -2.24. The van der Waals surface area contributed by atoms with Crippen molar-refractivity contribution in [3.05, 3.63) is 57.2 Å². The number of nitrogens with one attached hydrogen (secondary N) is 1. The minimum atomic E-state index is -0.0788. The molecule has 0 aliphatic heterocycles. The van der Waals surface area contributed by atoms with Gasteiger partial charge in [0.1, 0.15) is 5.82 Å². The number of anilines is 1. The molecule has 2 rings (SSSR count). The molecule has 0 fully saturated rings. The Morgan fingerprint density at radius 3 is 2.45 bits per heavy atom. The molecule has 20 heavy (non-hydrogen) atoms. The minimum absolute atomic E-state index is 0.0788. The van der Waals surface area contributed by atoms with Crippen molar-refractivity contribution >= 4 is 29.0 Å². The van der Waals surface area contributed by atoms with Crippen LogP contribution in [0.5, 0.6) is 0 Å². The largest absolute Gasteiger partial charge is 0.383 e. The molecule has 1 aromatic heterocycles. The zero-order chi connectivity index (χ0) is 14.7. The fourth-order valence-corrected chi connectivity index (χ4v) is 2.84. The number of pyridine rings is 1. The Hall–Kier alpha value is -1.29. The van der Waals surface area contributed by atoms with Crippen LogP contribution in [0.15, 0.2) is 30.5 Å². The van der Waals surface area contributed by atoms with Crippen LogP contribution in [-0.2, 0) is 0 Å². The van der Waals surface area contributed by atoms with Crippen LogP contribution in [0, 0.1) is 6.92 Å². The highest BCUT2D eigenvalue weighted by atomic mass is 35.5. The van der Waals surface area contributed by atoms with E-state index in [2.05, 4.69) is 10.3 Å². The molecular formula is C15H17Cl2N3. The molecule has 1 atom stereocenters. The third-order valence-corrected chi connectivity index (χ3v) is 3.59. The third kappa shape index (κ3) is 3.23. The SMILES string of the molecule is CCNC(c1cc(Cl)cc(Cl)c1)c1c(C)ccnc1N. The second-order valence-electron chi connectivity index (χ2n) is 4.62. The van der Waals surface area contributed by atoms with Gasteiger partial charge in [0.2, 0.25) is 0 Å². The first-order chi connectivity index (χ1) is 9.52. The second kappa shape index (κ2) is 6.44. The standard InChI is InChI=1S/C15H17Cl2N3/c1-3-19-14(10-6-11(16)8-12(17)7-10)13-9(2)4-5-20-15(13)18/h4-8,14,19H,3H2,1-2H3,(H2,18,20). The first-order valence-electron chi connectivity index (χ1n) is 6.43. The average molecular weight is 310 g/mol. The normalized spacial score (nSPS) is 12.4. The first-order valence-corrected chi connectivity index (χ1v) is 7.19. The number of aromatic nitrogens is 1. The van der Waals surface area contributed by atoms with Crippen LogP contribution < -0.4 is 11.1 Å². The number of hydrogen-bond donors (Lipinski definition) is 2. The van der Waals surface area contributed by atoms with Crippen molar-refractivity contribution in [3.8, 4) is 0 Å². The van der Waals surface area contributed by atoms with Crippen molar-refractivity contribution in [3.63, 3.8) is 0 Å². The smallest absolute Gasteiger partial charge is 0.128 e. The number of halogens is 2. The summed E-state index contributed by atoms with van der Waals surface area (Å²) in [5, 5.41) is 4.63. The maximum atomic E-state index is 6.10. The second-order valence-corrected chi connectivity index (χ2v) is 5.49. The third-order valence-electron chi connectivity index (χ3n) is 3.15. The summed E-state index contributed by atoms with van der Waals surface area (Å²) in [6, 6.07) is 7.38. The summed E-state index contributed by atoms with van der Waals surface area (Å²) in [4.78, 5) is 4.19. The van der Waals surface area contributed by atoms with E-state index >= 15 is 0 Å². The van der Waals surface area contributed by atoms with Gasteiger partial charge in [-0.2, -0.15) is 0 Å². The molecule has 0 aliphatic rings. The highest BCUT2D eigenvalue weighted by Crippen LogP contribution is 2.31. The number of benzene rings is 1. The highest BCUT2D eigenvalue weighted by molar-refractivity contribution is 6.34. The summed E-state index contributed by atoms with van der Waals surface area (Å²) in [7, 11) is 0. The van der Waals surface area contributed by atoms with Gasteiger partial charge >= 0.3 is 0 Å². The van der Waals surface area contributed by atoms with Gasteiger partial charge in [-0.3, -0.25) is 0 Å². The lowest BCUT2D eigenvalue weighted by molar-refractivity contribution is 0.627. The summed E-state index contributed by atoms with van der Waals surface area (Å²) in [6.07, 6.45) is 1.71. The molecule has 0 spiro atoms. The molecule has 5 heteroatoms. The number of nitrogens with two attached hydrogens (primary N) is 1. The number of hydrogen-bond acceptors (Lipinski definition) is 3. The maximum absolute atomic E-state index is 6.10. The summed E-state index contributed by atoms with van der Waals surface area (Å²) < 4.78 is 0. The van der Waals surface area contributed by atoms with Gasteiger partial charge in [-0.05, 0) is 48.9 Å². The average Bonchev–Trinajstić information content (AvgIpc) is 2.36. The molecule has 0 bridgehead atoms. The molecule has 0 amide bonds. The van der Waals surface area contributed by atoms with Crippen molar-refractivity contribution < 1.29 is 0 Å². The monoisotopic (exact) mass is 309 g/mol. The first kappa shape index (κ1) is 15.1. The molecule has 1 unspecified atom stereocenters. The van der Waals surface area contributed by atoms with E-state index in [4.69, 9.17) is 28.9 Å². The Labute approximate surface area is 129 Å². The van der Waals surface area contributed by atoms with Gasteiger partial charge in [0.25, 0.3) is 0 Å². The molecule has 3 nitrogen and oxygen atoms in total. The van der Waals surface area contributed by atoms with E-state index in [-0.39, 0.29) is 6.04 Å². The van der Waals surface area contributed by atoms with Crippen LogP contribution >= 0.6 is 23.2 Å². The highest BCUT2D eigenvalue weighted by Gasteiger charge is 2.19. The van der Waals surface area contributed by atoms with E-state index in [1.807, 2.05) is 32.0 Å². The number of nitrogen functional groups attached to an aromatic ring is 1. The molecule has 106 valence electrons. The van der Waals surface area contributed by atoms with Crippen molar-refractivity contribution in [1.29, 1.82) is 0 Å². The van der Waals surface area contributed by atoms with Crippen LogP contribution in [0.2, 0.25) is 10.0 Å². The molecule has 3 N–H and O–H groups in total. The molecule has 0 saturated carbocycles. The predicted octanol–water partition coefficient (Wildman–Crippen LogP) is 3.98. The summed E-state index contributed by atoms with van der Waals surface area (Å²) in [5.74, 6) is 0.520. The Morgan fingerprint density at radius 2 is 1.90 bits per heavy atom. The summed E-state index contributed by atoms with van der Waals surface area (Å²) >= 11 is 12.2. The van der Waals surface area contributed by atoms with Gasteiger partial charge < -0.3 is 11.1 Å². The molecule has 0 radical (unpaired) electrons. The maximum Gasteiger partial charge on any atom is 0.128 e. The zero-order valence-electron chi connectivity index (χ0n) is 11.5. The van der Waals surface area contributed by atoms with Crippen LogP contribution in [0.25, 0.3) is 0 Å². The lowest BCUT2D eigenvalue weighted by Gasteiger charge is -2.22. The quantitative estimate of drug-likeness (QED) is 0.898. The minimum Gasteiger partial charge on any atom is -0.383 e. The zero-order valence-corrected chi connectivity index (χ0v) is 13.0. The molecule has 2 aromatic rings. The number of nitrogens with zero attached hydrogens (tertiary/aromatic N) is 1. The van der Waals surface area contributed by atoms with Crippen molar-refractivity contribution in [2.24, 2.45) is 0 Å². The Balaban J connectivity index is 2.56. The molecule has 1 aromatic carbocycles. The van der Waals surface area contributed by atoms with Gasteiger partial charge in [-0.15, -0.1) is 0 Å². The lowest BCUT2D eigenvalue weighted by atomic mass is 9.95. The van der Waals surface area contributed by atoms with Crippen molar-refractivity contribution in [2.45, 2.75) is 19.9 Å². The van der Waals surface area contributed by atoms with Crippen LogP contribution in [-0.4, -0.2) is 11.5 Å². The number of rotatable bonds is 4. The van der Waals surface area contributed by atoms with E-state index in [0.29, 0.717) is 15.9 Å². The van der Waals surface area contributed by atoms with E-state index < -0.39 is 0 Å². The predicted molar refractivity (Wildman–Crippen MR) is 85.4 cm³/mol. The van der Waals surface area contributed by atoms with E-state index in [1.165, 1.54) is 0 Å². The topological polar surface area (TPSA) is 50.9 Å². The fourth-order valence-electron chi connectivity index (χ4n) is 2.30. The van der Waals surface area contributed by atoms with E-state index in [1.54, 1.807) is 12.3 Å². The van der Waals surface area contributed by atoms with Crippen molar-refractivity contribution in [1.82, 2.24) is 10.3 Å². The molecule has 0 aliphatic carbocycles. The van der Waals surface area contributed by atoms with Gasteiger partial charge in [0.05, 0.1) is 6.04 Å². The summed E-state index contributed by atoms with van der Waals surface area (Å²) in [6.45, 7) is 4.85. The van der Waals surface area contributed by atoms with Crippen LogP contribution in [0.1, 0.15) is 29.7 Å². The fraction of sp³-hybridized carbons (Fsp3) is 0.267. The van der Waals surface area contributed by atoms with Gasteiger partial charge in [0.15, 0.2) is 0 Å². The molecule has 0 saturated heterocycles. The van der Waals surface area contributed by atoms with E-state index in [9.17, 15) is 0 Å². The van der Waals surface area contributed by atoms with Gasteiger partial charge in [-0.25, -0.2) is 4.98 Å².